The lowest BCUT2D eigenvalue weighted by molar-refractivity contribution is 0.0526. The maximum atomic E-state index is 11.8. The number of carbonyl (C=O) groups is 1. The number of fused-ring (bicyclic) bond motifs is 1. The van der Waals surface area contributed by atoms with Crippen molar-refractivity contribution >= 4 is 22.8 Å². The second kappa shape index (κ2) is 5.28. The predicted molar refractivity (Wildman–Crippen MR) is 79.8 cm³/mol. The molecule has 0 aliphatic carbocycles. The third-order valence-corrected chi connectivity index (χ3v) is 3.03. The Kier molecular flexibility index (Phi) is 3.31. The topological polar surface area (TPSA) is 78.3 Å². The van der Waals surface area contributed by atoms with Crippen LogP contribution in [0.3, 0.4) is 0 Å². The lowest BCUT2D eigenvalue weighted by Crippen LogP contribution is -2.04. The molecule has 0 saturated carbocycles. The first kappa shape index (κ1) is 13.2. The van der Waals surface area contributed by atoms with Crippen LogP contribution in [0.4, 0.5) is 5.69 Å². The maximum absolute atomic E-state index is 11.8. The molecule has 0 bridgehead atoms. The number of esters is 1. The zero-order chi connectivity index (χ0) is 14.8. The molecule has 0 radical (unpaired) electrons. The van der Waals surface area contributed by atoms with E-state index >= 15 is 0 Å². The third-order valence-electron chi connectivity index (χ3n) is 3.03. The van der Waals surface area contributed by atoms with Gasteiger partial charge in [-0.2, -0.15) is 0 Å². The summed E-state index contributed by atoms with van der Waals surface area (Å²) < 4.78 is 10.7. The van der Waals surface area contributed by atoms with Gasteiger partial charge in [0.15, 0.2) is 5.58 Å². The van der Waals surface area contributed by atoms with E-state index in [1.54, 1.807) is 43.3 Å². The summed E-state index contributed by atoms with van der Waals surface area (Å²) in [6.45, 7) is 2.11. The number of nitrogens with zero attached hydrogens (tertiary/aromatic N) is 1. The van der Waals surface area contributed by atoms with Crippen LogP contribution in [0, 0.1) is 0 Å². The molecule has 0 aliphatic heterocycles. The molecule has 21 heavy (non-hydrogen) atoms. The van der Waals surface area contributed by atoms with Crippen molar-refractivity contribution in [3.05, 3.63) is 48.0 Å². The van der Waals surface area contributed by atoms with E-state index in [-0.39, 0.29) is 5.97 Å². The van der Waals surface area contributed by atoms with Crippen LogP contribution in [0.5, 0.6) is 0 Å². The largest absolute Gasteiger partial charge is 0.462 e. The summed E-state index contributed by atoms with van der Waals surface area (Å²) >= 11 is 0. The summed E-state index contributed by atoms with van der Waals surface area (Å²) in [7, 11) is 0. The molecule has 0 spiro atoms. The first-order valence-corrected chi connectivity index (χ1v) is 6.61. The Morgan fingerprint density at radius 2 is 2.14 bits per heavy atom. The lowest BCUT2D eigenvalue weighted by Gasteiger charge is -2.02. The van der Waals surface area contributed by atoms with E-state index in [0.29, 0.717) is 29.3 Å². The first-order chi connectivity index (χ1) is 10.2. The molecule has 0 aliphatic rings. The molecule has 1 aromatic heterocycles. The number of rotatable bonds is 3. The Morgan fingerprint density at radius 1 is 1.29 bits per heavy atom. The molecule has 5 heteroatoms. The van der Waals surface area contributed by atoms with Gasteiger partial charge in [-0.05, 0) is 37.3 Å². The molecule has 0 fully saturated rings. The van der Waals surface area contributed by atoms with Gasteiger partial charge in [-0.15, -0.1) is 0 Å². The van der Waals surface area contributed by atoms with Crippen molar-refractivity contribution in [2.75, 3.05) is 12.3 Å². The van der Waals surface area contributed by atoms with Crippen molar-refractivity contribution in [3.8, 4) is 11.5 Å². The Hall–Kier alpha value is -2.82. The summed E-state index contributed by atoms with van der Waals surface area (Å²) in [4.78, 5) is 16.2. The highest BCUT2D eigenvalue weighted by Gasteiger charge is 2.12. The van der Waals surface area contributed by atoms with Crippen molar-refractivity contribution in [1.82, 2.24) is 4.98 Å². The minimum Gasteiger partial charge on any atom is -0.462 e. The number of benzene rings is 2. The van der Waals surface area contributed by atoms with E-state index in [9.17, 15) is 4.79 Å². The number of nitrogen functional groups attached to an aromatic ring is 1. The number of carbonyl (C=O) groups excluding carboxylic acids is 1. The van der Waals surface area contributed by atoms with Gasteiger partial charge in [-0.25, -0.2) is 9.78 Å². The molecule has 3 rings (SSSR count). The second-order valence-electron chi connectivity index (χ2n) is 4.55. The van der Waals surface area contributed by atoms with Crippen LogP contribution in [-0.4, -0.2) is 17.6 Å². The van der Waals surface area contributed by atoms with Gasteiger partial charge in [0.1, 0.15) is 5.52 Å². The Labute approximate surface area is 121 Å². The Morgan fingerprint density at radius 3 is 2.95 bits per heavy atom. The highest BCUT2D eigenvalue weighted by Crippen LogP contribution is 2.26. The van der Waals surface area contributed by atoms with Crippen LogP contribution in [0.2, 0.25) is 0 Å². The molecule has 5 nitrogen and oxygen atoms in total. The Balaban J connectivity index is 2.02. The number of anilines is 1. The fourth-order valence-corrected chi connectivity index (χ4v) is 2.06. The SMILES string of the molecule is CCOC(=O)c1cccc(-c2nc3ccc(N)cc3o2)c1. The third kappa shape index (κ3) is 2.58. The van der Waals surface area contributed by atoms with Crippen molar-refractivity contribution in [2.45, 2.75) is 6.92 Å². The van der Waals surface area contributed by atoms with E-state index in [1.807, 2.05) is 6.07 Å². The number of aromatic nitrogens is 1. The summed E-state index contributed by atoms with van der Waals surface area (Å²) in [5.74, 6) is 0.0847. The van der Waals surface area contributed by atoms with E-state index < -0.39 is 0 Å². The van der Waals surface area contributed by atoms with Gasteiger partial charge in [0.05, 0.1) is 12.2 Å². The molecule has 2 N–H and O–H groups in total. The molecular formula is C16H14N2O3. The molecule has 2 aromatic carbocycles. The number of hydrogen-bond donors (Lipinski definition) is 1. The molecular weight excluding hydrogens is 268 g/mol. The van der Waals surface area contributed by atoms with Gasteiger partial charge in [0.25, 0.3) is 0 Å². The van der Waals surface area contributed by atoms with Gasteiger partial charge in [0.2, 0.25) is 5.89 Å². The minimum atomic E-state index is -0.361. The molecule has 0 unspecified atom stereocenters. The van der Waals surface area contributed by atoms with E-state index in [0.717, 1.165) is 11.1 Å². The number of ether oxygens (including phenoxy) is 1. The summed E-state index contributed by atoms with van der Waals surface area (Å²) in [5.41, 5.74) is 8.86. The van der Waals surface area contributed by atoms with Crippen molar-refractivity contribution < 1.29 is 13.9 Å². The predicted octanol–water partition coefficient (Wildman–Crippen LogP) is 3.25. The van der Waals surface area contributed by atoms with Crippen LogP contribution in [-0.2, 0) is 4.74 Å². The zero-order valence-corrected chi connectivity index (χ0v) is 11.5. The van der Waals surface area contributed by atoms with Gasteiger partial charge < -0.3 is 14.9 Å². The average molecular weight is 282 g/mol. The molecule has 0 saturated heterocycles. The number of nitrogens with two attached hydrogens (primary N) is 1. The fourth-order valence-electron chi connectivity index (χ4n) is 2.06. The van der Waals surface area contributed by atoms with Crippen molar-refractivity contribution in [1.29, 1.82) is 0 Å². The molecule has 3 aromatic rings. The average Bonchev–Trinajstić information content (AvgIpc) is 2.90. The van der Waals surface area contributed by atoms with Crippen LogP contribution >= 0.6 is 0 Å². The maximum Gasteiger partial charge on any atom is 0.338 e. The smallest absolute Gasteiger partial charge is 0.338 e. The summed E-state index contributed by atoms with van der Waals surface area (Å²) in [6, 6.07) is 12.3. The monoisotopic (exact) mass is 282 g/mol. The van der Waals surface area contributed by atoms with Gasteiger partial charge in [-0.1, -0.05) is 6.07 Å². The van der Waals surface area contributed by atoms with Gasteiger partial charge >= 0.3 is 5.97 Å². The molecule has 1 heterocycles. The zero-order valence-electron chi connectivity index (χ0n) is 11.5. The second-order valence-corrected chi connectivity index (χ2v) is 4.55. The van der Waals surface area contributed by atoms with Crippen LogP contribution in [0.1, 0.15) is 17.3 Å². The highest BCUT2D eigenvalue weighted by molar-refractivity contribution is 5.91. The van der Waals surface area contributed by atoms with Gasteiger partial charge in [-0.3, -0.25) is 0 Å². The van der Waals surface area contributed by atoms with Gasteiger partial charge in [0, 0.05) is 17.3 Å². The van der Waals surface area contributed by atoms with E-state index in [2.05, 4.69) is 4.98 Å². The standard InChI is InChI=1S/C16H14N2O3/c1-2-20-16(19)11-5-3-4-10(8-11)15-18-13-7-6-12(17)9-14(13)21-15/h3-9H,2,17H2,1H3. The van der Waals surface area contributed by atoms with E-state index in [1.165, 1.54) is 0 Å². The summed E-state index contributed by atoms with van der Waals surface area (Å²) in [6.07, 6.45) is 0. The molecule has 106 valence electrons. The molecule has 0 atom stereocenters. The molecule has 0 amide bonds. The lowest BCUT2D eigenvalue weighted by atomic mass is 10.1. The number of oxazole rings is 1. The van der Waals surface area contributed by atoms with Crippen molar-refractivity contribution in [3.63, 3.8) is 0 Å². The van der Waals surface area contributed by atoms with Crippen molar-refractivity contribution in [2.24, 2.45) is 0 Å². The first-order valence-electron chi connectivity index (χ1n) is 6.61. The van der Waals surface area contributed by atoms with Crippen LogP contribution < -0.4 is 5.73 Å². The number of hydrogen-bond acceptors (Lipinski definition) is 5. The van der Waals surface area contributed by atoms with Crippen LogP contribution in [0.25, 0.3) is 22.6 Å². The highest BCUT2D eigenvalue weighted by atomic mass is 16.5. The quantitative estimate of drug-likeness (QED) is 0.589. The van der Waals surface area contributed by atoms with E-state index in [4.69, 9.17) is 14.9 Å². The Bertz CT molecular complexity index is 808. The fraction of sp³-hybridized carbons (Fsp3) is 0.125. The summed E-state index contributed by atoms with van der Waals surface area (Å²) in [5, 5.41) is 0. The normalized spacial score (nSPS) is 10.7. The van der Waals surface area contributed by atoms with Crippen LogP contribution in [0.15, 0.2) is 46.9 Å². The minimum absolute atomic E-state index is 0.339.